The van der Waals surface area contributed by atoms with Gasteiger partial charge in [0, 0.05) is 29.3 Å². The van der Waals surface area contributed by atoms with E-state index in [1.807, 2.05) is 44.2 Å². The number of carbonyl (C=O) groups is 2. The van der Waals surface area contributed by atoms with Crippen LogP contribution in [0.5, 0.6) is 0 Å². The first-order valence-electron chi connectivity index (χ1n) is 9.88. The summed E-state index contributed by atoms with van der Waals surface area (Å²) < 4.78 is 5.34. The van der Waals surface area contributed by atoms with Crippen molar-refractivity contribution in [1.82, 2.24) is 5.32 Å². The standard InChI is InChI=1S/C24H29NO3/c1-6-28-23(27)21-16(3)25-18-13-24(4,5)14-19(26)22(18)20(21)15(2)12-17-10-8-7-9-11-17/h7-12,20,25H,6,13-14H2,1-5H3. The van der Waals surface area contributed by atoms with E-state index in [2.05, 4.69) is 25.2 Å². The number of ether oxygens (including phenoxy) is 1. The van der Waals surface area contributed by atoms with Crippen LogP contribution in [-0.2, 0) is 14.3 Å². The lowest BCUT2D eigenvalue weighted by Crippen LogP contribution is -2.39. The first kappa shape index (κ1) is 20.1. The molecule has 2 aliphatic rings. The Hall–Kier alpha value is -2.62. The lowest BCUT2D eigenvalue weighted by atomic mass is 9.68. The quantitative estimate of drug-likeness (QED) is 0.764. The number of rotatable bonds is 4. The second-order valence-electron chi connectivity index (χ2n) is 8.45. The highest BCUT2D eigenvalue weighted by Gasteiger charge is 2.42. The van der Waals surface area contributed by atoms with Crippen molar-refractivity contribution in [2.45, 2.75) is 47.5 Å². The summed E-state index contributed by atoms with van der Waals surface area (Å²) in [5.74, 6) is -0.625. The van der Waals surface area contributed by atoms with Crippen molar-refractivity contribution in [3.63, 3.8) is 0 Å². The van der Waals surface area contributed by atoms with Gasteiger partial charge in [0.25, 0.3) is 0 Å². The molecule has 1 N–H and O–H groups in total. The minimum Gasteiger partial charge on any atom is -0.463 e. The largest absolute Gasteiger partial charge is 0.463 e. The molecule has 0 saturated carbocycles. The molecule has 1 aliphatic carbocycles. The van der Waals surface area contributed by atoms with Gasteiger partial charge in [-0.25, -0.2) is 4.79 Å². The number of benzene rings is 1. The molecule has 0 radical (unpaired) electrons. The third kappa shape index (κ3) is 3.96. The van der Waals surface area contributed by atoms with Crippen LogP contribution < -0.4 is 5.32 Å². The molecule has 0 fully saturated rings. The number of dihydropyridines is 1. The van der Waals surface area contributed by atoms with E-state index >= 15 is 0 Å². The molecule has 0 bridgehead atoms. The summed E-state index contributed by atoms with van der Waals surface area (Å²) in [5, 5.41) is 3.35. The zero-order chi connectivity index (χ0) is 20.5. The van der Waals surface area contributed by atoms with Crippen LogP contribution in [0.1, 0.15) is 53.0 Å². The zero-order valence-corrected chi connectivity index (χ0v) is 17.4. The maximum absolute atomic E-state index is 13.1. The van der Waals surface area contributed by atoms with Gasteiger partial charge >= 0.3 is 5.97 Å². The molecule has 28 heavy (non-hydrogen) atoms. The molecule has 0 aromatic heterocycles. The molecular formula is C24H29NO3. The predicted octanol–water partition coefficient (Wildman–Crippen LogP) is 4.79. The minimum atomic E-state index is -0.376. The van der Waals surface area contributed by atoms with Gasteiger partial charge in [-0.1, -0.05) is 55.8 Å². The SMILES string of the molecule is CCOC(=O)C1=C(C)NC2=C(C(=O)CC(C)(C)C2)C1C(C)=Cc1ccccc1. The van der Waals surface area contributed by atoms with Crippen LogP contribution in [0.2, 0.25) is 0 Å². The van der Waals surface area contributed by atoms with E-state index in [4.69, 9.17) is 4.74 Å². The lowest BCUT2D eigenvalue weighted by Gasteiger charge is -2.39. The molecule has 0 saturated heterocycles. The van der Waals surface area contributed by atoms with Crippen molar-refractivity contribution in [1.29, 1.82) is 0 Å². The second-order valence-corrected chi connectivity index (χ2v) is 8.45. The number of Topliss-reactive ketones (excluding diaryl/α,β-unsaturated/α-hetero) is 1. The van der Waals surface area contributed by atoms with Crippen LogP contribution in [-0.4, -0.2) is 18.4 Å². The van der Waals surface area contributed by atoms with E-state index in [9.17, 15) is 9.59 Å². The van der Waals surface area contributed by atoms with Crippen molar-refractivity contribution in [3.05, 3.63) is 64.0 Å². The van der Waals surface area contributed by atoms with Crippen molar-refractivity contribution in [2.24, 2.45) is 11.3 Å². The fraction of sp³-hybridized carbons (Fsp3) is 0.417. The fourth-order valence-electron chi connectivity index (χ4n) is 4.27. The Morgan fingerprint density at radius 3 is 2.57 bits per heavy atom. The zero-order valence-electron chi connectivity index (χ0n) is 17.4. The number of hydrogen-bond donors (Lipinski definition) is 1. The summed E-state index contributed by atoms with van der Waals surface area (Å²) in [7, 11) is 0. The highest BCUT2D eigenvalue weighted by atomic mass is 16.5. The number of carbonyl (C=O) groups excluding carboxylic acids is 2. The van der Waals surface area contributed by atoms with E-state index < -0.39 is 0 Å². The molecule has 1 atom stereocenters. The molecule has 148 valence electrons. The summed E-state index contributed by atoms with van der Waals surface area (Å²) in [4.78, 5) is 25.9. The van der Waals surface area contributed by atoms with Gasteiger partial charge in [-0.3, -0.25) is 4.79 Å². The van der Waals surface area contributed by atoms with Gasteiger partial charge in [0.1, 0.15) is 0 Å². The Labute approximate surface area is 167 Å². The molecular weight excluding hydrogens is 350 g/mol. The third-order valence-electron chi connectivity index (χ3n) is 5.38. The lowest BCUT2D eigenvalue weighted by molar-refractivity contribution is -0.139. The van der Waals surface area contributed by atoms with Crippen molar-refractivity contribution < 1.29 is 14.3 Å². The molecule has 4 heteroatoms. The molecule has 1 aromatic rings. The average molecular weight is 380 g/mol. The maximum atomic E-state index is 13.1. The Bertz CT molecular complexity index is 888. The van der Waals surface area contributed by atoms with Crippen molar-refractivity contribution in [2.75, 3.05) is 6.61 Å². The topological polar surface area (TPSA) is 55.4 Å². The van der Waals surface area contributed by atoms with Crippen LogP contribution in [0.4, 0.5) is 0 Å². The van der Waals surface area contributed by atoms with Crippen LogP contribution in [0, 0.1) is 11.3 Å². The molecule has 0 spiro atoms. The maximum Gasteiger partial charge on any atom is 0.336 e. The molecule has 1 heterocycles. The number of hydrogen-bond acceptors (Lipinski definition) is 4. The van der Waals surface area contributed by atoms with Gasteiger partial charge in [0.2, 0.25) is 0 Å². The summed E-state index contributed by atoms with van der Waals surface area (Å²) in [6.07, 6.45) is 3.33. The summed E-state index contributed by atoms with van der Waals surface area (Å²) in [6.45, 7) is 10.2. The van der Waals surface area contributed by atoms with Gasteiger partial charge in [-0.2, -0.15) is 0 Å². The van der Waals surface area contributed by atoms with Crippen molar-refractivity contribution >= 4 is 17.8 Å². The molecule has 3 rings (SSSR count). The summed E-state index contributed by atoms with van der Waals surface area (Å²) >= 11 is 0. The molecule has 0 amide bonds. The summed E-state index contributed by atoms with van der Waals surface area (Å²) in [6, 6.07) is 9.97. The Morgan fingerprint density at radius 1 is 1.25 bits per heavy atom. The van der Waals surface area contributed by atoms with Crippen LogP contribution >= 0.6 is 0 Å². The van der Waals surface area contributed by atoms with Crippen LogP contribution in [0.3, 0.4) is 0 Å². The summed E-state index contributed by atoms with van der Waals surface area (Å²) in [5.41, 5.74) is 4.90. The second kappa shape index (κ2) is 7.78. The number of esters is 1. The van der Waals surface area contributed by atoms with Gasteiger partial charge in [-0.05, 0) is 38.2 Å². The first-order chi connectivity index (χ1) is 13.2. The van der Waals surface area contributed by atoms with Gasteiger partial charge in [-0.15, -0.1) is 0 Å². The highest BCUT2D eigenvalue weighted by molar-refractivity contribution is 6.03. The number of allylic oxidation sites excluding steroid dienone is 4. The van der Waals surface area contributed by atoms with E-state index in [1.54, 1.807) is 6.92 Å². The predicted molar refractivity (Wildman–Crippen MR) is 111 cm³/mol. The molecule has 1 aliphatic heterocycles. The Kier molecular flexibility index (Phi) is 5.59. The van der Waals surface area contributed by atoms with E-state index in [0.29, 0.717) is 18.6 Å². The number of ketones is 1. The first-order valence-corrected chi connectivity index (χ1v) is 9.88. The smallest absolute Gasteiger partial charge is 0.336 e. The highest BCUT2D eigenvalue weighted by Crippen LogP contribution is 2.45. The Morgan fingerprint density at radius 2 is 1.93 bits per heavy atom. The van der Waals surface area contributed by atoms with E-state index in [0.717, 1.165) is 34.5 Å². The van der Waals surface area contributed by atoms with E-state index in [1.165, 1.54) is 0 Å². The van der Waals surface area contributed by atoms with E-state index in [-0.39, 0.29) is 23.1 Å². The molecule has 4 nitrogen and oxygen atoms in total. The van der Waals surface area contributed by atoms with Crippen LogP contribution in [0.15, 0.2) is 58.4 Å². The van der Waals surface area contributed by atoms with Gasteiger partial charge in [0.15, 0.2) is 5.78 Å². The average Bonchev–Trinajstić information content (AvgIpc) is 2.60. The van der Waals surface area contributed by atoms with Gasteiger partial charge < -0.3 is 10.1 Å². The minimum absolute atomic E-state index is 0.0910. The Balaban J connectivity index is 2.13. The molecule has 1 unspecified atom stereocenters. The fourth-order valence-corrected chi connectivity index (χ4v) is 4.27. The monoisotopic (exact) mass is 379 g/mol. The van der Waals surface area contributed by atoms with Crippen LogP contribution in [0.25, 0.3) is 6.08 Å². The number of nitrogens with one attached hydrogen (secondary N) is 1. The van der Waals surface area contributed by atoms with Crippen molar-refractivity contribution in [3.8, 4) is 0 Å². The normalized spacial score (nSPS) is 22.0. The van der Waals surface area contributed by atoms with Gasteiger partial charge in [0.05, 0.1) is 12.2 Å². The third-order valence-corrected chi connectivity index (χ3v) is 5.38. The molecule has 1 aromatic carbocycles.